The van der Waals surface area contributed by atoms with Gasteiger partial charge in [0.2, 0.25) is 0 Å². The highest BCUT2D eigenvalue weighted by Gasteiger charge is 2.23. The third-order valence-electron chi connectivity index (χ3n) is 3.63. The highest BCUT2D eigenvalue weighted by molar-refractivity contribution is 5.92. The minimum atomic E-state index is -0.883. The first-order chi connectivity index (χ1) is 9.57. The lowest BCUT2D eigenvalue weighted by Crippen LogP contribution is -2.17. The fraction of sp³-hybridized carbons (Fsp3) is 0.158. The van der Waals surface area contributed by atoms with Crippen molar-refractivity contribution in [1.29, 1.82) is 0 Å². The summed E-state index contributed by atoms with van der Waals surface area (Å²) in [6, 6.07) is 22.7. The standard InChI is InChI=1S/C19H18O/c1-19(2,20)18-16-11-7-6-10-15(16)12-13-17(18)14-8-4-3-5-9-14/h3-13,20H,1-2H3. The van der Waals surface area contributed by atoms with Gasteiger partial charge >= 0.3 is 0 Å². The van der Waals surface area contributed by atoms with E-state index in [0.717, 1.165) is 27.5 Å². The van der Waals surface area contributed by atoms with Gasteiger partial charge in [0, 0.05) is 0 Å². The molecule has 0 aliphatic rings. The monoisotopic (exact) mass is 262 g/mol. The van der Waals surface area contributed by atoms with Crippen molar-refractivity contribution in [2.75, 3.05) is 0 Å². The van der Waals surface area contributed by atoms with Crippen LogP contribution in [-0.2, 0) is 5.60 Å². The molecule has 0 aromatic heterocycles. The van der Waals surface area contributed by atoms with E-state index in [-0.39, 0.29) is 0 Å². The third kappa shape index (κ3) is 2.21. The number of benzene rings is 3. The fourth-order valence-electron chi connectivity index (χ4n) is 2.79. The molecule has 20 heavy (non-hydrogen) atoms. The van der Waals surface area contributed by atoms with Gasteiger partial charge in [0.1, 0.15) is 0 Å². The summed E-state index contributed by atoms with van der Waals surface area (Å²) in [6.07, 6.45) is 0. The van der Waals surface area contributed by atoms with Gasteiger partial charge in [-0.15, -0.1) is 0 Å². The van der Waals surface area contributed by atoms with Gasteiger partial charge in [-0.1, -0.05) is 66.7 Å². The first-order valence-electron chi connectivity index (χ1n) is 6.87. The molecule has 0 saturated heterocycles. The van der Waals surface area contributed by atoms with Crippen molar-refractivity contribution in [3.05, 3.63) is 72.3 Å². The van der Waals surface area contributed by atoms with E-state index >= 15 is 0 Å². The predicted octanol–water partition coefficient (Wildman–Crippen LogP) is 4.73. The first-order valence-corrected chi connectivity index (χ1v) is 6.87. The fourth-order valence-corrected chi connectivity index (χ4v) is 2.79. The van der Waals surface area contributed by atoms with E-state index in [4.69, 9.17) is 0 Å². The van der Waals surface area contributed by atoms with E-state index in [1.54, 1.807) is 0 Å². The molecular formula is C19H18O. The highest BCUT2D eigenvalue weighted by atomic mass is 16.3. The molecule has 0 unspecified atom stereocenters. The molecule has 1 N–H and O–H groups in total. The second kappa shape index (κ2) is 4.77. The van der Waals surface area contributed by atoms with Crippen LogP contribution in [0.25, 0.3) is 21.9 Å². The summed E-state index contributed by atoms with van der Waals surface area (Å²) in [4.78, 5) is 0. The van der Waals surface area contributed by atoms with Gasteiger partial charge in [0.15, 0.2) is 0 Å². The number of hydrogen-bond donors (Lipinski definition) is 1. The van der Waals surface area contributed by atoms with Gasteiger partial charge in [-0.2, -0.15) is 0 Å². The summed E-state index contributed by atoms with van der Waals surface area (Å²) in [6.45, 7) is 3.70. The van der Waals surface area contributed by atoms with E-state index in [9.17, 15) is 5.11 Å². The zero-order chi connectivity index (χ0) is 14.2. The van der Waals surface area contributed by atoms with Gasteiger partial charge in [0.05, 0.1) is 5.60 Å². The van der Waals surface area contributed by atoms with Crippen molar-refractivity contribution in [2.45, 2.75) is 19.4 Å². The maximum absolute atomic E-state index is 10.6. The van der Waals surface area contributed by atoms with Crippen LogP contribution in [0.4, 0.5) is 0 Å². The summed E-state index contributed by atoms with van der Waals surface area (Å²) < 4.78 is 0. The van der Waals surface area contributed by atoms with Gasteiger partial charge in [0.25, 0.3) is 0 Å². The Morgan fingerprint density at radius 1 is 0.750 bits per heavy atom. The van der Waals surface area contributed by atoms with Crippen LogP contribution in [0.1, 0.15) is 19.4 Å². The van der Waals surface area contributed by atoms with E-state index in [1.165, 1.54) is 0 Å². The maximum Gasteiger partial charge on any atom is 0.0852 e. The molecule has 0 bridgehead atoms. The van der Waals surface area contributed by atoms with Gasteiger partial charge in [-0.05, 0) is 41.3 Å². The topological polar surface area (TPSA) is 20.2 Å². The Bertz CT molecular complexity index is 737. The van der Waals surface area contributed by atoms with Crippen molar-refractivity contribution < 1.29 is 5.11 Å². The molecule has 0 aliphatic heterocycles. The normalized spacial score (nSPS) is 11.8. The van der Waals surface area contributed by atoms with Crippen molar-refractivity contribution >= 4 is 10.8 Å². The van der Waals surface area contributed by atoms with Crippen LogP contribution in [0.2, 0.25) is 0 Å². The maximum atomic E-state index is 10.6. The quantitative estimate of drug-likeness (QED) is 0.707. The highest BCUT2D eigenvalue weighted by Crippen LogP contribution is 2.37. The molecule has 3 aromatic rings. The third-order valence-corrected chi connectivity index (χ3v) is 3.63. The summed E-state index contributed by atoms with van der Waals surface area (Å²) in [5, 5.41) is 12.9. The SMILES string of the molecule is CC(C)(O)c1c(-c2ccccc2)ccc2ccccc12. The zero-order valence-corrected chi connectivity index (χ0v) is 11.8. The molecule has 0 radical (unpaired) electrons. The summed E-state index contributed by atoms with van der Waals surface area (Å²) in [7, 11) is 0. The molecule has 0 fully saturated rings. The van der Waals surface area contributed by atoms with Crippen LogP contribution in [0.15, 0.2) is 66.7 Å². The molecule has 1 nitrogen and oxygen atoms in total. The smallest absolute Gasteiger partial charge is 0.0852 e. The second-order valence-corrected chi connectivity index (χ2v) is 5.63. The Morgan fingerprint density at radius 3 is 2.10 bits per heavy atom. The van der Waals surface area contributed by atoms with Gasteiger partial charge in [-0.25, -0.2) is 0 Å². The number of rotatable bonds is 2. The molecule has 100 valence electrons. The average molecular weight is 262 g/mol. The predicted molar refractivity (Wildman–Crippen MR) is 84.6 cm³/mol. The summed E-state index contributed by atoms with van der Waals surface area (Å²) in [5.74, 6) is 0. The lowest BCUT2D eigenvalue weighted by atomic mass is 9.85. The van der Waals surface area contributed by atoms with Crippen LogP contribution in [0, 0.1) is 0 Å². The van der Waals surface area contributed by atoms with E-state index in [1.807, 2.05) is 44.2 Å². The molecule has 0 atom stereocenters. The van der Waals surface area contributed by atoms with E-state index < -0.39 is 5.60 Å². The van der Waals surface area contributed by atoms with Crippen molar-refractivity contribution in [2.24, 2.45) is 0 Å². The molecule has 3 rings (SSSR count). The molecule has 1 heteroatoms. The second-order valence-electron chi connectivity index (χ2n) is 5.63. The van der Waals surface area contributed by atoms with Gasteiger partial charge in [-0.3, -0.25) is 0 Å². The van der Waals surface area contributed by atoms with E-state index in [0.29, 0.717) is 0 Å². The van der Waals surface area contributed by atoms with Crippen molar-refractivity contribution in [3.8, 4) is 11.1 Å². The summed E-state index contributed by atoms with van der Waals surface area (Å²) >= 11 is 0. The molecule has 0 heterocycles. The Labute approximate surface area is 119 Å². The molecule has 0 saturated carbocycles. The minimum absolute atomic E-state index is 0.883. The number of fused-ring (bicyclic) bond motifs is 1. The average Bonchev–Trinajstić information content (AvgIpc) is 2.46. The van der Waals surface area contributed by atoms with Gasteiger partial charge < -0.3 is 5.11 Å². The summed E-state index contributed by atoms with van der Waals surface area (Å²) in [5.41, 5.74) is 2.33. The lowest BCUT2D eigenvalue weighted by Gasteiger charge is -2.24. The Balaban J connectivity index is 2.38. The van der Waals surface area contributed by atoms with Crippen LogP contribution in [-0.4, -0.2) is 5.11 Å². The lowest BCUT2D eigenvalue weighted by molar-refractivity contribution is 0.0808. The molecule has 0 amide bonds. The largest absolute Gasteiger partial charge is 0.386 e. The van der Waals surface area contributed by atoms with E-state index in [2.05, 4.69) is 36.4 Å². The number of aliphatic hydroxyl groups is 1. The van der Waals surface area contributed by atoms with Crippen LogP contribution < -0.4 is 0 Å². The van der Waals surface area contributed by atoms with Crippen LogP contribution in [0.5, 0.6) is 0 Å². The minimum Gasteiger partial charge on any atom is -0.386 e. The molecule has 3 aromatic carbocycles. The Hall–Kier alpha value is -2.12. The first kappa shape index (κ1) is 12.9. The van der Waals surface area contributed by atoms with Crippen molar-refractivity contribution in [3.63, 3.8) is 0 Å². The molecule has 0 aliphatic carbocycles. The Morgan fingerprint density at radius 2 is 1.40 bits per heavy atom. The Kier molecular flexibility index (Phi) is 3.07. The van der Waals surface area contributed by atoms with Crippen LogP contribution in [0.3, 0.4) is 0 Å². The molecule has 0 spiro atoms. The van der Waals surface area contributed by atoms with Crippen LogP contribution >= 0.6 is 0 Å². The molecular weight excluding hydrogens is 244 g/mol. The van der Waals surface area contributed by atoms with Crippen molar-refractivity contribution in [1.82, 2.24) is 0 Å². The number of hydrogen-bond acceptors (Lipinski definition) is 1. The zero-order valence-electron chi connectivity index (χ0n) is 11.8.